The quantitative estimate of drug-likeness (QED) is 0.895. The Labute approximate surface area is 127 Å². The first-order valence-corrected chi connectivity index (χ1v) is 7.36. The van der Waals surface area contributed by atoms with Crippen LogP contribution in [-0.4, -0.2) is 7.05 Å². The number of ether oxygens (including phenoxy) is 1. The summed E-state index contributed by atoms with van der Waals surface area (Å²) >= 11 is 0. The van der Waals surface area contributed by atoms with Crippen LogP contribution in [-0.2, 0) is 18.6 Å². The van der Waals surface area contributed by atoms with Gasteiger partial charge in [-0.15, -0.1) is 0 Å². The molecular formula is C18H25NO2. The molecule has 1 heterocycles. The molecule has 0 aliphatic carbocycles. The Hall–Kier alpha value is -1.74. The van der Waals surface area contributed by atoms with Crippen molar-refractivity contribution in [2.45, 2.75) is 46.3 Å². The average molecular weight is 287 g/mol. The van der Waals surface area contributed by atoms with Gasteiger partial charge in [-0.3, -0.25) is 0 Å². The van der Waals surface area contributed by atoms with Crippen molar-refractivity contribution >= 4 is 0 Å². The number of rotatable bonds is 5. The fraction of sp³-hybridized carbons (Fsp3) is 0.444. The summed E-state index contributed by atoms with van der Waals surface area (Å²) in [7, 11) is 1.93. The number of nitrogens with one attached hydrogen (secondary N) is 1. The molecule has 0 unspecified atom stereocenters. The van der Waals surface area contributed by atoms with Crippen LogP contribution in [0.15, 0.2) is 34.7 Å². The van der Waals surface area contributed by atoms with Gasteiger partial charge in [0.25, 0.3) is 0 Å². The van der Waals surface area contributed by atoms with E-state index in [0.717, 1.165) is 23.8 Å². The molecule has 114 valence electrons. The molecule has 0 fully saturated rings. The topological polar surface area (TPSA) is 34.4 Å². The Kier molecular flexibility index (Phi) is 4.73. The van der Waals surface area contributed by atoms with E-state index in [2.05, 4.69) is 44.3 Å². The second-order valence-corrected chi connectivity index (χ2v) is 6.39. The summed E-state index contributed by atoms with van der Waals surface area (Å²) in [6, 6.07) is 10.3. The Bertz CT molecular complexity index is 594. The fourth-order valence-corrected chi connectivity index (χ4v) is 2.23. The minimum atomic E-state index is 0.126. The van der Waals surface area contributed by atoms with Gasteiger partial charge in [-0.25, -0.2) is 0 Å². The van der Waals surface area contributed by atoms with Crippen molar-refractivity contribution in [3.63, 3.8) is 0 Å². The number of furan rings is 1. The fourth-order valence-electron chi connectivity index (χ4n) is 2.23. The van der Waals surface area contributed by atoms with Gasteiger partial charge in [0.05, 0.1) is 0 Å². The predicted octanol–water partition coefficient (Wildman–Crippen LogP) is 4.18. The Morgan fingerprint density at radius 1 is 1.19 bits per heavy atom. The maximum absolute atomic E-state index is 5.86. The SMILES string of the molecule is CNCc1cc(COc2cccc(C(C)(C)C)c2)oc1C. The lowest BCUT2D eigenvalue weighted by molar-refractivity contribution is 0.267. The summed E-state index contributed by atoms with van der Waals surface area (Å²) in [5.41, 5.74) is 2.58. The van der Waals surface area contributed by atoms with Crippen LogP contribution in [0.4, 0.5) is 0 Å². The first-order valence-electron chi connectivity index (χ1n) is 7.36. The summed E-state index contributed by atoms with van der Waals surface area (Å²) in [4.78, 5) is 0. The lowest BCUT2D eigenvalue weighted by Gasteiger charge is -2.19. The van der Waals surface area contributed by atoms with E-state index in [0.29, 0.717) is 6.61 Å². The first kappa shape index (κ1) is 15.6. The molecular weight excluding hydrogens is 262 g/mol. The monoisotopic (exact) mass is 287 g/mol. The minimum Gasteiger partial charge on any atom is -0.486 e. The van der Waals surface area contributed by atoms with Crippen LogP contribution in [0.1, 0.15) is 43.4 Å². The van der Waals surface area contributed by atoms with Crippen LogP contribution < -0.4 is 10.1 Å². The van der Waals surface area contributed by atoms with E-state index < -0.39 is 0 Å². The zero-order chi connectivity index (χ0) is 15.5. The van der Waals surface area contributed by atoms with Crippen molar-refractivity contribution in [1.82, 2.24) is 5.32 Å². The molecule has 0 atom stereocenters. The summed E-state index contributed by atoms with van der Waals surface area (Å²) in [5.74, 6) is 2.69. The third kappa shape index (κ3) is 4.11. The van der Waals surface area contributed by atoms with Gasteiger partial charge >= 0.3 is 0 Å². The molecule has 0 aliphatic rings. The maximum atomic E-state index is 5.86. The first-order chi connectivity index (χ1) is 9.90. The second kappa shape index (κ2) is 6.35. The number of hydrogen-bond acceptors (Lipinski definition) is 3. The third-order valence-corrected chi connectivity index (χ3v) is 3.52. The van der Waals surface area contributed by atoms with E-state index in [9.17, 15) is 0 Å². The Balaban J connectivity index is 2.04. The summed E-state index contributed by atoms with van der Waals surface area (Å²) in [6.07, 6.45) is 0. The molecule has 0 spiro atoms. The van der Waals surface area contributed by atoms with Gasteiger partial charge in [0.1, 0.15) is 23.9 Å². The van der Waals surface area contributed by atoms with Gasteiger partial charge in [-0.2, -0.15) is 0 Å². The van der Waals surface area contributed by atoms with Crippen LogP contribution in [0, 0.1) is 6.92 Å². The molecule has 1 aromatic carbocycles. The molecule has 21 heavy (non-hydrogen) atoms. The van der Waals surface area contributed by atoms with Crippen molar-refractivity contribution < 1.29 is 9.15 Å². The number of benzene rings is 1. The summed E-state index contributed by atoms with van der Waals surface area (Å²) in [6.45, 7) is 9.85. The molecule has 3 nitrogen and oxygen atoms in total. The van der Waals surface area contributed by atoms with Gasteiger partial charge < -0.3 is 14.5 Å². The van der Waals surface area contributed by atoms with Crippen LogP contribution in [0.2, 0.25) is 0 Å². The average Bonchev–Trinajstić information content (AvgIpc) is 2.77. The van der Waals surface area contributed by atoms with Crippen molar-refractivity contribution in [3.8, 4) is 5.75 Å². The maximum Gasteiger partial charge on any atom is 0.146 e. The standard InChI is InChI=1S/C18H25NO2/c1-13-14(11-19-5)9-17(21-13)12-20-16-8-6-7-15(10-16)18(2,3)4/h6-10,19H,11-12H2,1-5H3. The normalized spacial score (nSPS) is 11.7. The zero-order valence-corrected chi connectivity index (χ0v) is 13.6. The highest BCUT2D eigenvalue weighted by atomic mass is 16.5. The molecule has 1 aromatic heterocycles. The molecule has 0 saturated heterocycles. The predicted molar refractivity (Wildman–Crippen MR) is 85.7 cm³/mol. The highest BCUT2D eigenvalue weighted by molar-refractivity contribution is 5.32. The van der Waals surface area contributed by atoms with Crippen molar-refractivity contribution in [2.24, 2.45) is 0 Å². The van der Waals surface area contributed by atoms with Crippen molar-refractivity contribution in [3.05, 3.63) is 53.0 Å². The molecule has 2 rings (SSSR count). The Morgan fingerprint density at radius 2 is 1.95 bits per heavy atom. The number of hydrogen-bond donors (Lipinski definition) is 1. The molecule has 0 bridgehead atoms. The van der Waals surface area contributed by atoms with E-state index in [1.807, 2.05) is 26.1 Å². The van der Waals surface area contributed by atoms with E-state index in [4.69, 9.17) is 9.15 Å². The van der Waals surface area contributed by atoms with Crippen molar-refractivity contribution in [2.75, 3.05) is 7.05 Å². The van der Waals surface area contributed by atoms with Crippen LogP contribution in [0.5, 0.6) is 5.75 Å². The van der Waals surface area contributed by atoms with Gasteiger partial charge in [0.15, 0.2) is 0 Å². The van der Waals surface area contributed by atoms with Crippen LogP contribution in [0.25, 0.3) is 0 Å². The van der Waals surface area contributed by atoms with E-state index in [1.165, 1.54) is 11.1 Å². The third-order valence-electron chi connectivity index (χ3n) is 3.52. The lowest BCUT2D eigenvalue weighted by Crippen LogP contribution is -2.10. The molecule has 1 N–H and O–H groups in total. The Morgan fingerprint density at radius 3 is 2.62 bits per heavy atom. The highest BCUT2D eigenvalue weighted by Crippen LogP contribution is 2.26. The minimum absolute atomic E-state index is 0.126. The second-order valence-electron chi connectivity index (χ2n) is 6.39. The zero-order valence-electron chi connectivity index (χ0n) is 13.6. The molecule has 0 amide bonds. The van der Waals surface area contributed by atoms with E-state index in [1.54, 1.807) is 0 Å². The van der Waals surface area contributed by atoms with Gasteiger partial charge in [-0.05, 0) is 43.1 Å². The summed E-state index contributed by atoms with van der Waals surface area (Å²) < 4.78 is 11.6. The molecule has 3 heteroatoms. The highest BCUT2D eigenvalue weighted by Gasteiger charge is 2.14. The molecule has 0 radical (unpaired) electrons. The van der Waals surface area contributed by atoms with E-state index in [-0.39, 0.29) is 5.41 Å². The smallest absolute Gasteiger partial charge is 0.146 e. The molecule has 0 aliphatic heterocycles. The number of aryl methyl sites for hydroxylation is 1. The summed E-state index contributed by atoms with van der Waals surface area (Å²) in [5, 5.41) is 3.14. The molecule has 2 aromatic rings. The van der Waals surface area contributed by atoms with Gasteiger partial charge in [-0.1, -0.05) is 32.9 Å². The van der Waals surface area contributed by atoms with Crippen molar-refractivity contribution in [1.29, 1.82) is 0 Å². The lowest BCUT2D eigenvalue weighted by atomic mass is 9.87. The van der Waals surface area contributed by atoms with Crippen LogP contribution >= 0.6 is 0 Å². The van der Waals surface area contributed by atoms with Gasteiger partial charge in [0, 0.05) is 12.1 Å². The van der Waals surface area contributed by atoms with E-state index >= 15 is 0 Å². The molecule has 0 saturated carbocycles. The van der Waals surface area contributed by atoms with Crippen LogP contribution in [0.3, 0.4) is 0 Å². The van der Waals surface area contributed by atoms with Gasteiger partial charge in [0.2, 0.25) is 0 Å². The largest absolute Gasteiger partial charge is 0.486 e.